The molecule has 2 rings (SSSR count). The molecular formula is C11H20N4O. The summed E-state index contributed by atoms with van der Waals surface area (Å²) in [5.74, 6) is 0. The van der Waals surface area contributed by atoms with Gasteiger partial charge in [-0.15, -0.1) is 0 Å². The number of nitrogens with zero attached hydrogens (tertiary/aromatic N) is 3. The molecule has 0 saturated carbocycles. The van der Waals surface area contributed by atoms with E-state index in [9.17, 15) is 5.11 Å². The first kappa shape index (κ1) is 11.6. The van der Waals surface area contributed by atoms with E-state index in [1.807, 2.05) is 19.4 Å². The van der Waals surface area contributed by atoms with Gasteiger partial charge in [0.05, 0.1) is 18.8 Å². The van der Waals surface area contributed by atoms with Crippen LogP contribution in [0, 0.1) is 0 Å². The lowest BCUT2D eigenvalue weighted by atomic mass is 10.1. The third kappa shape index (κ3) is 2.61. The molecule has 0 radical (unpaired) electrons. The Labute approximate surface area is 96.1 Å². The molecular weight excluding hydrogens is 204 g/mol. The third-order valence-corrected chi connectivity index (χ3v) is 3.10. The van der Waals surface area contributed by atoms with Crippen LogP contribution in [0.25, 0.3) is 0 Å². The standard InChI is InChI=1S/C11H20N4O/c1-14-8-10(7-13-14)11(9-16)15-5-2-3-12-4-6-15/h7-8,11-12,16H,2-6,9H2,1H3. The minimum atomic E-state index is 0.0913. The van der Waals surface area contributed by atoms with Crippen LogP contribution in [0.2, 0.25) is 0 Å². The lowest BCUT2D eigenvalue weighted by molar-refractivity contribution is 0.130. The Kier molecular flexibility index (Phi) is 3.93. The van der Waals surface area contributed by atoms with Gasteiger partial charge < -0.3 is 10.4 Å². The Morgan fingerprint density at radius 2 is 2.38 bits per heavy atom. The third-order valence-electron chi connectivity index (χ3n) is 3.10. The summed E-state index contributed by atoms with van der Waals surface area (Å²) < 4.78 is 1.79. The van der Waals surface area contributed by atoms with Crippen LogP contribution >= 0.6 is 0 Å². The van der Waals surface area contributed by atoms with Gasteiger partial charge in [0.1, 0.15) is 0 Å². The van der Waals surface area contributed by atoms with E-state index in [1.165, 1.54) is 0 Å². The van der Waals surface area contributed by atoms with Gasteiger partial charge in [-0.05, 0) is 13.0 Å². The average molecular weight is 224 g/mol. The van der Waals surface area contributed by atoms with E-state index < -0.39 is 0 Å². The van der Waals surface area contributed by atoms with Crippen LogP contribution in [0.3, 0.4) is 0 Å². The quantitative estimate of drug-likeness (QED) is 0.743. The van der Waals surface area contributed by atoms with Gasteiger partial charge in [-0.2, -0.15) is 5.10 Å². The van der Waals surface area contributed by atoms with Crippen LogP contribution in [0.1, 0.15) is 18.0 Å². The molecule has 5 heteroatoms. The molecule has 1 aliphatic heterocycles. The molecule has 2 N–H and O–H groups in total. The molecule has 5 nitrogen and oxygen atoms in total. The molecule has 1 aliphatic rings. The summed E-state index contributed by atoms with van der Waals surface area (Å²) in [6.45, 7) is 4.25. The van der Waals surface area contributed by atoms with Crippen LogP contribution in [0.15, 0.2) is 12.4 Å². The van der Waals surface area contributed by atoms with Crippen molar-refractivity contribution in [3.8, 4) is 0 Å². The minimum Gasteiger partial charge on any atom is -0.394 e. The molecule has 1 unspecified atom stereocenters. The molecule has 1 aromatic rings. The number of hydrogen-bond acceptors (Lipinski definition) is 4. The van der Waals surface area contributed by atoms with Crippen LogP contribution in [0.5, 0.6) is 0 Å². The Bertz CT molecular complexity index is 318. The Morgan fingerprint density at radius 1 is 1.50 bits per heavy atom. The first-order chi connectivity index (χ1) is 7.81. The zero-order chi connectivity index (χ0) is 11.4. The molecule has 0 aromatic carbocycles. The summed E-state index contributed by atoms with van der Waals surface area (Å²) in [4.78, 5) is 2.33. The van der Waals surface area contributed by atoms with Crippen LogP contribution in [0.4, 0.5) is 0 Å². The predicted octanol–water partition coefficient (Wildman–Crippen LogP) is -0.251. The fourth-order valence-electron chi connectivity index (χ4n) is 2.22. The molecule has 0 spiro atoms. The highest BCUT2D eigenvalue weighted by Gasteiger charge is 2.21. The molecule has 0 amide bonds. The van der Waals surface area contributed by atoms with Crippen molar-refractivity contribution in [2.75, 3.05) is 32.8 Å². The lowest BCUT2D eigenvalue weighted by Gasteiger charge is -2.28. The van der Waals surface area contributed by atoms with E-state index in [2.05, 4.69) is 15.3 Å². The first-order valence-electron chi connectivity index (χ1n) is 5.85. The van der Waals surface area contributed by atoms with Crippen molar-refractivity contribution >= 4 is 0 Å². The summed E-state index contributed by atoms with van der Waals surface area (Å²) in [6, 6.07) is 0.0913. The van der Waals surface area contributed by atoms with Gasteiger partial charge in [-0.1, -0.05) is 0 Å². The van der Waals surface area contributed by atoms with Gasteiger partial charge in [0, 0.05) is 38.4 Å². The molecule has 1 atom stereocenters. The van der Waals surface area contributed by atoms with E-state index in [1.54, 1.807) is 4.68 Å². The predicted molar refractivity (Wildman–Crippen MR) is 62.1 cm³/mol. The second kappa shape index (κ2) is 5.43. The maximum atomic E-state index is 9.53. The molecule has 1 fully saturated rings. The van der Waals surface area contributed by atoms with Crippen molar-refractivity contribution < 1.29 is 5.11 Å². The van der Waals surface area contributed by atoms with Crippen molar-refractivity contribution in [2.24, 2.45) is 7.05 Å². The highest BCUT2D eigenvalue weighted by Crippen LogP contribution is 2.19. The van der Waals surface area contributed by atoms with Crippen molar-refractivity contribution in [3.63, 3.8) is 0 Å². The lowest BCUT2D eigenvalue weighted by Crippen LogP contribution is -2.34. The van der Waals surface area contributed by atoms with E-state index in [0.717, 1.165) is 38.2 Å². The number of aliphatic hydroxyl groups is 1. The van der Waals surface area contributed by atoms with E-state index in [4.69, 9.17) is 0 Å². The maximum Gasteiger partial charge on any atom is 0.0629 e. The summed E-state index contributed by atoms with van der Waals surface area (Å²) in [5, 5.41) is 17.1. The maximum absolute atomic E-state index is 9.53. The topological polar surface area (TPSA) is 53.3 Å². The Morgan fingerprint density at radius 3 is 3.06 bits per heavy atom. The van der Waals surface area contributed by atoms with Gasteiger partial charge in [0.2, 0.25) is 0 Å². The van der Waals surface area contributed by atoms with Crippen molar-refractivity contribution in [1.29, 1.82) is 0 Å². The van der Waals surface area contributed by atoms with Crippen molar-refractivity contribution in [2.45, 2.75) is 12.5 Å². The average Bonchev–Trinajstić information content (AvgIpc) is 2.55. The number of aliphatic hydroxyl groups excluding tert-OH is 1. The molecule has 1 saturated heterocycles. The van der Waals surface area contributed by atoms with E-state index in [-0.39, 0.29) is 12.6 Å². The van der Waals surface area contributed by atoms with E-state index >= 15 is 0 Å². The van der Waals surface area contributed by atoms with Gasteiger partial charge >= 0.3 is 0 Å². The number of nitrogens with one attached hydrogen (secondary N) is 1. The summed E-state index contributed by atoms with van der Waals surface area (Å²) >= 11 is 0. The molecule has 2 heterocycles. The SMILES string of the molecule is Cn1cc(C(CO)N2CCCNCC2)cn1. The van der Waals surface area contributed by atoms with Gasteiger partial charge in [-0.3, -0.25) is 9.58 Å². The first-order valence-corrected chi connectivity index (χ1v) is 5.85. The normalized spacial score (nSPS) is 20.6. The fraction of sp³-hybridized carbons (Fsp3) is 0.727. The zero-order valence-corrected chi connectivity index (χ0v) is 9.76. The number of rotatable bonds is 3. The van der Waals surface area contributed by atoms with Gasteiger partial charge in [-0.25, -0.2) is 0 Å². The Hall–Kier alpha value is -0.910. The second-order valence-corrected chi connectivity index (χ2v) is 4.29. The number of aromatic nitrogens is 2. The summed E-state index contributed by atoms with van der Waals surface area (Å²) in [7, 11) is 1.90. The summed E-state index contributed by atoms with van der Waals surface area (Å²) in [6.07, 6.45) is 4.97. The highest BCUT2D eigenvalue weighted by molar-refractivity contribution is 5.10. The van der Waals surface area contributed by atoms with Crippen LogP contribution in [-0.4, -0.2) is 52.6 Å². The summed E-state index contributed by atoms with van der Waals surface area (Å²) in [5.41, 5.74) is 1.10. The molecule has 0 bridgehead atoms. The molecule has 1 aromatic heterocycles. The van der Waals surface area contributed by atoms with Crippen LogP contribution < -0.4 is 5.32 Å². The largest absolute Gasteiger partial charge is 0.394 e. The van der Waals surface area contributed by atoms with E-state index in [0.29, 0.717) is 0 Å². The molecule has 0 aliphatic carbocycles. The van der Waals surface area contributed by atoms with Crippen molar-refractivity contribution in [3.05, 3.63) is 18.0 Å². The van der Waals surface area contributed by atoms with Gasteiger partial charge in [0.25, 0.3) is 0 Å². The zero-order valence-electron chi connectivity index (χ0n) is 9.76. The van der Waals surface area contributed by atoms with Crippen molar-refractivity contribution in [1.82, 2.24) is 20.0 Å². The van der Waals surface area contributed by atoms with Crippen LogP contribution in [-0.2, 0) is 7.05 Å². The molecule has 16 heavy (non-hydrogen) atoms. The second-order valence-electron chi connectivity index (χ2n) is 4.29. The highest BCUT2D eigenvalue weighted by atomic mass is 16.3. The van der Waals surface area contributed by atoms with Gasteiger partial charge in [0.15, 0.2) is 0 Å². The molecule has 90 valence electrons. The Balaban J connectivity index is 2.08. The monoisotopic (exact) mass is 224 g/mol. The fourth-order valence-corrected chi connectivity index (χ4v) is 2.22. The number of aryl methyl sites for hydroxylation is 1. The minimum absolute atomic E-state index is 0.0913. The smallest absolute Gasteiger partial charge is 0.0629 e. The number of hydrogen-bond donors (Lipinski definition) is 2.